The standard InChI is InChI=1S/C27H45NO2/c1-4-6-8-21-11-18-26(25(19-21)28-3)30-27(29)24-16-14-23(15-17-24)22-12-9-20(7-5-2)10-13-22/h20-26H,4-19H2,1-2H3. The molecule has 0 radical (unpaired) electrons. The van der Waals surface area contributed by atoms with Gasteiger partial charge in [-0.2, -0.15) is 0 Å². The van der Waals surface area contributed by atoms with E-state index >= 15 is 0 Å². The summed E-state index contributed by atoms with van der Waals surface area (Å²) in [7, 11) is 0. The molecule has 3 aliphatic carbocycles. The normalized spacial score (nSPS) is 37.3. The molecule has 3 fully saturated rings. The summed E-state index contributed by atoms with van der Waals surface area (Å²) in [5.41, 5.74) is 0. The van der Waals surface area contributed by atoms with Crippen molar-refractivity contribution in [3.8, 4) is 0 Å². The van der Waals surface area contributed by atoms with Crippen LogP contribution in [0, 0.1) is 36.2 Å². The zero-order valence-corrected chi connectivity index (χ0v) is 19.6. The minimum absolute atomic E-state index is 0.00534. The summed E-state index contributed by atoms with van der Waals surface area (Å²) in [5, 5.41) is 0. The van der Waals surface area contributed by atoms with Gasteiger partial charge in [0.1, 0.15) is 0 Å². The van der Waals surface area contributed by atoms with Crippen molar-refractivity contribution in [2.45, 2.75) is 129 Å². The fraction of sp³-hybridized carbons (Fsp3) is 0.926. The molecule has 3 atom stereocenters. The van der Waals surface area contributed by atoms with Gasteiger partial charge in [0.2, 0.25) is 0 Å². The van der Waals surface area contributed by atoms with Gasteiger partial charge in [-0.25, -0.2) is 6.57 Å². The van der Waals surface area contributed by atoms with Crippen LogP contribution in [0.4, 0.5) is 0 Å². The van der Waals surface area contributed by atoms with E-state index in [0.29, 0.717) is 5.92 Å². The number of hydrogen-bond donors (Lipinski definition) is 0. The van der Waals surface area contributed by atoms with E-state index in [1.54, 1.807) is 0 Å². The molecule has 0 aromatic rings. The second-order valence-electron chi connectivity index (χ2n) is 10.7. The highest BCUT2D eigenvalue weighted by Gasteiger charge is 2.39. The van der Waals surface area contributed by atoms with Crippen LogP contribution in [-0.2, 0) is 9.53 Å². The minimum Gasteiger partial charge on any atom is -0.454 e. The maximum Gasteiger partial charge on any atom is 0.309 e. The molecule has 0 spiro atoms. The maximum atomic E-state index is 12.9. The highest BCUT2D eigenvalue weighted by Crippen LogP contribution is 2.42. The molecule has 0 aromatic carbocycles. The Morgan fingerprint density at radius 1 is 0.833 bits per heavy atom. The third-order valence-electron chi connectivity index (χ3n) is 8.62. The molecule has 3 saturated carbocycles. The fourth-order valence-corrected chi connectivity index (χ4v) is 6.66. The van der Waals surface area contributed by atoms with Crippen LogP contribution in [0.3, 0.4) is 0 Å². The van der Waals surface area contributed by atoms with E-state index in [-0.39, 0.29) is 24.0 Å². The number of esters is 1. The van der Waals surface area contributed by atoms with E-state index in [4.69, 9.17) is 11.3 Å². The van der Waals surface area contributed by atoms with Crippen LogP contribution in [0.1, 0.15) is 117 Å². The number of unbranched alkanes of at least 4 members (excludes halogenated alkanes) is 1. The topological polar surface area (TPSA) is 30.7 Å². The van der Waals surface area contributed by atoms with Crippen LogP contribution in [0.15, 0.2) is 0 Å². The summed E-state index contributed by atoms with van der Waals surface area (Å²) >= 11 is 0. The van der Waals surface area contributed by atoms with Gasteiger partial charge in [-0.3, -0.25) is 4.79 Å². The molecule has 0 aromatic heterocycles. The van der Waals surface area contributed by atoms with E-state index in [0.717, 1.165) is 49.9 Å². The molecule has 0 saturated heterocycles. The second kappa shape index (κ2) is 12.1. The molecular formula is C27H45NO2. The first-order chi connectivity index (χ1) is 14.6. The van der Waals surface area contributed by atoms with Gasteiger partial charge in [0.05, 0.1) is 5.92 Å². The Morgan fingerprint density at radius 3 is 2.07 bits per heavy atom. The number of ether oxygens (including phenoxy) is 1. The quantitative estimate of drug-likeness (QED) is 0.302. The fourth-order valence-electron chi connectivity index (χ4n) is 6.66. The van der Waals surface area contributed by atoms with Gasteiger partial charge in [0, 0.05) is 6.42 Å². The van der Waals surface area contributed by atoms with Crippen molar-refractivity contribution >= 4 is 5.97 Å². The summed E-state index contributed by atoms with van der Waals surface area (Å²) in [6.45, 7) is 12.1. The van der Waals surface area contributed by atoms with Gasteiger partial charge in [0.15, 0.2) is 6.10 Å². The number of nitrogens with zero attached hydrogens (tertiary/aromatic N) is 1. The average molecular weight is 416 g/mol. The predicted molar refractivity (Wildman–Crippen MR) is 123 cm³/mol. The Morgan fingerprint density at radius 2 is 1.47 bits per heavy atom. The predicted octanol–water partition coefficient (Wildman–Crippen LogP) is 7.59. The second-order valence-corrected chi connectivity index (χ2v) is 10.7. The van der Waals surface area contributed by atoms with Crippen LogP contribution in [0.5, 0.6) is 0 Å². The molecule has 0 heterocycles. The van der Waals surface area contributed by atoms with Gasteiger partial charge >= 0.3 is 5.97 Å². The number of carbonyl (C=O) groups is 1. The Balaban J connectivity index is 1.39. The lowest BCUT2D eigenvalue weighted by Crippen LogP contribution is -2.38. The molecule has 3 nitrogen and oxygen atoms in total. The Hall–Kier alpha value is -1.04. The molecule has 0 aliphatic heterocycles. The largest absolute Gasteiger partial charge is 0.454 e. The smallest absolute Gasteiger partial charge is 0.309 e. The molecule has 0 N–H and O–H groups in total. The van der Waals surface area contributed by atoms with Crippen molar-refractivity contribution in [1.29, 1.82) is 0 Å². The van der Waals surface area contributed by atoms with E-state index < -0.39 is 0 Å². The molecule has 0 bridgehead atoms. The SMILES string of the molecule is [C-]#[N+]C1CC(CCCC)CCC1OC(=O)C1CCC(C2CCC(CCC)CC2)CC1. The first-order valence-electron chi connectivity index (χ1n) is 13.2. The van der Waals surface area contributed by atoms with Gasteiger partial charge in [-0.15, -0.1) is 0 Å². The van der Waals surface area contributed by atoms with E-state index in [9.17, 15) is 4.79 Å². The highest BCUT2D eigenvalue weighted by molar-refractivity contribution is 5.72. The van der Waals surface area contributed by atoms with Gasteiger partial charge in [0.25, 0.3) is 6.04 Å². The lowest BCUT2D eigenvalue weighted by molar-refractivity contribution is -0.158. The summed E-state index contributed by atoms with van der Waals surface area (Å²) in [6.07, 6.45) is 19.4. The van der Waals surface area contributed by atoms with Crippen molar-refractivity contribution in [3.63, 3.8) is 0 Å². The summed E-state index contributed by atoms with van der Waals surface area (Å²) in [6, 6.07) is -0.112. The van der Waals surface area contributed by atoms with Crippen molar-refractivity contribution in [2.75, 3.05) is 0 Å². The van der Waals surface area contributed by atoms with Crippen molar-refractivity contribution in [1.82, 2.24) is 0 Å². The number of hydrogen-bond acceptors (Lipinski definition) is 2. The molecule has 3 rings (SSSR count). The zero-order chi connectivity index (χ0) is 21.3. The highest BCUT2D eigenvalue weighted by atomic mass is 16.5. The summed E-state index contributed by atoms with van der Waals surface area (Å²) in [4.78, 5) is 16.7. The minimum atomic E-state index is -0.153. The van der Waals surface area contributed by atoms with Crippen molar-refractivity contribution in [2.24, 2.45) is 29.6 Å². The zero-order valence-electron chi connectivity index (χ0n) is 19.6. The van der Waals surface area contributed by atoms with E-state index in [1.807, 2.05) is 0 Å². The van der Waals surface area contributed by atoms with Crippen LogP contribution in [-0.4, -0.2) is 18.1 Å². The monoisotopic (exact) mass is 415 g/mol. The number of carbonyl (C=O) groups excluding carboxylic acids is 1. The van der Waals surface area contributed by atoms with Crippen LogP contribution in [0.2, 0.25) is 0 Å². The van der Waals surface area contributed by atoms with Crippen molar-refractivity contribution in [3.05, 3.63) is 11.4 Å². The Labute approximate surface area is 185 Å². The third kappa shape index (κ3) is 6.48. The van der Waals surface area contributed by atoms with Gasteiger partial charge in [-0.05, 0) is 75.0 Å². The average Bonchev–Trinajstić information content (AvgIpc) is 2.79. The van der Waals surface area contributed by atoms with Crippen LogP contribution < -0.4 is 0 Å². The first-order valence-corrected chi connectivity index (χ1v) is 13.2. The maximum absolute atomic E-state index is 12.9. The molecule has 30 heavy (non-hydrogen) atoms. The molecule has 3 unspecified atom stereocenters. The first kappa shape index (κ1) is 23.6. The van der Waals surface area contributed by atoms with Crippen LogP contribution in [0.25, 0.3) is 4.85 Å². The van der Waals surface area contributed by atoms with E-state index in [1.165, 1.54) is 70.6 Å². The molecule has 170 valence electrons. The molecule has 0 amide bonds. The lowest BCUT2D eigenvalue weighted by Gasteiger charge is -2.37. The van der Waals surface area contributed by atoms with Crippen molar-refractivity contribution < 1.29 is 9.53 Å². The lowest BCUT2D eigenvalue weighted by atomic mass is 9.69. The Kier molecular flexibility index (Phi) is 9.54. The summed E-state index contributed by atoms with van der Waals surface area (Å²) in [5.74, 6) is 3.46. The molecular weight excluding hydrogens is 370 g/mol. The molecule has 3 heteroatoms. The third-order valence-corrected chi connectivity index (χ3v) is 8.62. The van der Waals surface area contributed by atoms with Gasteiger partial charge < -0.3 is 9.58 Å². The van der Waals surface area contributed by atoms with E-state index in [2.05, 4.69) is 18.7 Å². The number of rotatable bonds is 8. The Bertz CT molecular complexity index is 552. The van der Waals surface area contributed by atoms with Gasteiger partial charge in [-0.1, -0.05) is 58.8 Å². The molecule has 3 aliphatic rings. The van der Waals surface area contributed by atoms with Crippen LogP contribution >= 0.6 is 0 Å². The summed E-state index contributed by atoms with van der Waals surface area (Å²) < 4.78 is 5.96.